The third-order valence-electron chi connectivity index (χ3n) is 9.14. The van der Waals surface area contributed by atoms with Crippen LogP contribution >= 0.6 is 23.2 Å². The average Bonchev–Trinajstić information content (AvgIpc) is 3.13. The second kappa shape index (κ2) is 15.3. The SMILES string of the molecule is COC(=O)c1cc(F)c(-c2cccc3c2OCN(C(=O)c2c(Cl)cc(N4CCN(C(=O)OC(C)(C)C)C(C(=O)O)C4)cc2Cl)C3)cc1N1CCOCC1. The number of aliphatic carboxylic acids is 1. The third kappa shape index (κ3) is 7.94. The molecule has 2 fully saturated rings. The van der Waals surface area contributed by atoms with Crippen LogP contribution < -0.4 is 14.5 Å². The predicted molar refractivity (Wildman–Crippen MR) is 195 cm³/mol. The predicted octanol–water partition coefficient (Wildman–Crippen LogP) is 5.93. The lowest BCUT2D eigenvalue weighted by molar-refractivity contribution is -0.143. The summed E-state index contributed by atoms with van der Waals surface area (Å²) in [4.78, 5) is 57.7. The quantitative estimate of drug-likeness (QED) is 0.299. The lowest BCUT2D eigenvalue weighted by atomic mass is 9.97. The molecule has 0 bridgehead atoms. The molecule has 13 nitrogen and oxygen atoms in total. The highest BCUT2D eigenvalue weighted by Crippen LogP contribution is 2.41. The number of carbonyl (C=O) groups excluding carboxylic acids is 3. The Bertz CT molecular complexity index is 1930. The molecule has 1 atom stereocenters. The zero-order valence-corrected chi connectivity index (χ0v) is 31.1. The van der Waals surface area contributed by atoms with Crippen molar-refractivity contribution < 1.29 is 47.6 Å². The average molecular weight is 774 g/mol. The van der Waals surface area contributed by atoms with Gasteiger partial charge in [-0.25, -0.2) is 18.8 Å². The molecule has 1 N–H and O–H groups in total. The molecule has 0 aromatic heterocycles. The Kier molecular flexibility index (Phi) is 10.9. The Morgan fingerprint density at radius 2 is 1.64 bits per heavy atom. The van der Waals surface area contributed by atoms with Gasteiger partial charge >= 0.3 is 18.0 Å². The van der Waals surface area contributed by atoms with E-state index in [4.69, 9.17) is 42.1 Å². The number of methoxy groups -OCH3 is 1. The molecule has 1 unspecified atom stereocenters. The first kappa shape index (κ1) is 38.0. The topological polar surface area (TPSA) is 138 Å². The van der Waals surface area contributed by atoms with E-state index in [-0.39, 0.29) is 59.6 Å². The van der Waals surface area contributed by atoms with Gasteiger partial charge in [0.05, 0.1) is 53.7 Å². The van der Waals surface area contributed by atoms with Crippen molar-refractivity contribution in [3.63, 3.8) is 0 Å². The molecule has 2 saturated heterocycles. The summed E-state index contributed by atoms with van der Waals surface area (Å²) in [7, 11) is 1.24. The maximum absolute atomic E-state index is 15.8. The van der Waals surface area contributed by atoms with Crippen LogP contribution in [0.25, 0.3) is 11.1 Å². The molecule has 0 radical (unpaired) electrons. The number of morpholine rings is 1. The Labute approximate surface area is 315 Å². The molecule has 3 aromatic rings. The smallest absolute Gasteiger partial charge is 0.411 e. The number of piperazine rings is 1. The van der Waals surface area contributed by atoms with Gasteiger partial charge in [0.1, 0.15) is 23.2 Å². The van der Waals surface area contributed by atoms with Gasteiger partial charge in [-0.1, -0.05) is 41.4 Å². The molecular formula is C37H39Cl2FN4O9. The Hall–Kier alpha value is -4.79. The maximum Gasteiger partial charge on any atom is 0.411 e. The van der Waals surface area contributed by atoms with Crippen LogP contribution in [0.5, 0.6) is 5.75 Å². The molecule has 3 aliphatic rings. The molecule has 2 amide bonds. The summed E-state index contributed by atoms with van der Waals surface area (Å²) < 4.78 is 37.7. The van der Waals surface area contributed by atoms with Crippen LogP contribution in [0.3, 0.4) is 0 Å². The van der Waals surface area contributed by atoms with E-state index in [1.54, 1.807) is 49.9 Å². The van der Waals surface area contributed by atoms with E-state index in [0.717, 1.165) is 0 Å². The van der Waals surface area contributed by atoms with E-state index in [2.05, 4.69) is 0 Å². The Morgan fingerprint density at radius 1 is 0.943 bits per heavy atom. The minimum absolute atomic E-state index is 0.0297. The summed E-state index contributed by atoms with van der Waals surface area (Å²) in [6.07, 6.45) is -0.724. The van der Waals surface area contributed by atoms with Gasteiger partial charge in [-0.15, -0.1) is 0 Å². The van der Waals surface area contributed by atoms with Crippen molar-refractivity contribution in [1.82, 2.24) is 9.80 Å². The zero-order valence-electron chi connectivity index (χ0n) is 29.6. The lowest BCUT2D eigenvalue weighted by Gasteiger charge is -2.40. The van der Waals surface area contributed by atoms with Crippen LogP contribution in [-0.4, -0.2) is 110 Å². The summed E-state index contributed by atoms with van der Waals surface area (Å²) in [6.45, 7) is 7.21. The summed E-state index contributed by atoms with van der Waals surface area (Å²) >= 11 is 13.4. The number of amides is 2. The molecular weight excluding hydrogens is 734 g/mol. The molecule has 0 spiro atoms. The largest absolute Gasteiger partial charge is 0.480 e. The molecule has 0 aliphatic carbocycles. The number of esters is 1. The van der Waals surface area contributed by atoms with Crippen molar-refractivity contribution in [1.29, 1.82) is 0 Å². The number of fused-ring (bicyclic) bond motifs is 1. The first-order valence-electron chi connectivity index (χ1n) is 16.9. The van der Waals surface area contributed by atoms with E-state index in [0.29, 0.717) is 54.6 Å². The fraction of sp³-hybridized carbons (Fsp3) is 0.405. The number of benzene rings is 3. The van der Waals surface area contributed by atoms with Gasteiger partial charge in [-0.05, 0) is 45.0 Å². The lowest BCUT2D eigenvalue weighted by Crippen LogP contribution is -2.59. The number of para-hydroxylation sites is 1. The van der Waals surface area contributed by atoms with Gasteiger partial charge in [0.2, 0.25) is 0 Å². The number of rotatable bonds is 6. The molecule has 3 aromatic carbocycles. The van der Waals surface area contributed by atoms with Crippen LogP contribution in [0.4, 0.5) is 20.6 Å². The molecule has 3 heterocycles. The fourth-order valence-electron chi connectivity index (χ4n) is 6.60. The van der Waals surface area contributed by atoms with Gasteiger partial charge in [0.25, 0.3) is 5.91 Å². The highest BCUT2D eigenvalue weighted by atomic mass is 35.5. The minimum Gasteiger partial charge on any atom is -0.480 e. The van der Waals surface area contributed by atoms with Gasteiger partial charge in [-0.2, -0.15) is 0 Å². The highest BCUT2D eigenvalue weighted by Gasteiger charge is 2.38. The van der Waals surface area contributed by atoms with Crippen LogP contribution in [-0.2, 0) is 25.5 Å². The van der Waals surface area contributed by atoms with Gasteiger partial charge in [0.15, 0.2) is 6.73 Å². The van der Waals surface area contributed by atoms with E-state index >= 15 is 4.39 Å². The van der Waals surface area contributed by atoms with E-state index in [1.165, 1.54) is 35.1 Å². The van der Waals surface area contributed by atoms with Crippen LogP contribution in [0.15, 0.2) is 42.5 Å². The highest BCUT2D eigenvalue weighted by molar-refractivity contribution is 6.40. The van der Waals surface area contributed by atoms with Gasteiger partial charge in [-0.3, -0.25) is 9.69 Å². The van der Waals surface area contributed by atoms with E-state index < -0.39 is 41.4 Å². The first-order valence-corrected chi connectivity index (χ1v) is 17.7. The fourth-order valence-corrected chi connectivity index (χ4v) is 7.23. The third-order valence-corrected chi connectivity index (χ3v) is 9.74. The molecule has 53 heavy (non-hydrogen) atoms. The normalized spacial score (nSPS) is 17.5. The minimum atomic E-state index is -1.20. The molecule has 282 valence electrons. The summed E-state index contributed by atoms with van der Waals surface area (Å²) in [5.74, 6) is -2.62. The number of anilines is 2. The molecule has 6 rings (SSSR count). The van der Waals surface area contributed by atoms with Crippen LogP contribution in [0, 0.1) is 5.82 Å². The Morgan fingerprint density at radius 3 is 2.28 bits per heavy atom. The summed E-state index contributed by atoms with van der Waals surface area (Å²) in [6, 6.07) is 9.86. The van der Waals surface area contributed by atoms with Crippen molar-refractivity contribution in [3.8, 4) is 16.9 Å². The number of carboxylic acid groups (broad SMARTS) is 1. The second-order valence-electron chi connectivity index (χ2n) is 13.8. The summed E-state index contributed by atoms with van der Waals surface area (Å²) in [5, 5.41) is 10.0. The van der Waals surface area contributed by atoms with Crippen molar-refractivity contribution in [2.24, 2.45) is 0 Å². The van der Waals surface area contributed by atoms with Crippen molar-refractivity contribution in [3.05, 3.63) is 75.0 Å². The van der Waals surface area contributed by atoms with Crippen LogP contribution in [0.2, 0.25) is 10.0 Å². The summed E-state index contributed by atoms with van der Waals surface area (Å²) in [5.41, 5.74) is 1.60. The number of nitrogens with zero attached hydrogens (tertiary/aromatic N) is 4. The molecule has 3 aliphatic heterocycles. The van der Waals surface area contributed by atoms with E-state index in [1.807, 2.05) is 4.90 Å². The number of ether oxygens (including phenoxy) is 4. The monoisotopic (exact) mass is 772 g/mol. The second-order valence-corrected chi connectivity index (χ2v) is 14.6. The van der Waals surface area contributed by atoms with Crippen molar-refractivity contribution >= 4 is 58.5 Å². The maximum atomic E-state index is 15.8. The van der Waals surface area contributed by atoms with Gasteiger partial charge in [0, 0.05) is 55.1 Å². The number of carboxylic acids is 1. The Balaban J connectivity index is 1.22. The number of halogens is 3. The van der Waals surface area contributed by atoms with Crippen molar-refractivity contribution in [2.75, 3.05) is 69.6 Å². The van der Waals surface area contributed by atoms with E-state index in [9.17, 15) is 24.3 Å². The van der Waals surface area contributed by atoms with Gasteiger partial charge < -0.3 is 38.8 Å². The number of hydrogen-bond acceptors (Lipinski definition) is 10. The number of carbonyl (C=O) groups is 4. The molecule has 0 saturated carbocycles. The van der Waals surface area contributed by atoms with Crippen LogP contribution in [0.1, 0.15) is 47.1 Å². The zero-order chi connectivity index (χ0) is 38.2. The standard InChI is InChI=1S/C37H39Cl2FN4O9/c1-37(2,3)53-36(49)44-9-8-42(19-30(44)34(46)47)22-14-26(38)31(27(39)15-22)33(45)43-18-21-6-5-7-23(32(21)52-20-43)24-17-29(41-10-12-51-13-11-41)25(16-28(24)40)35(48)50-4/h5-7,14-17,30H,8-13,18-20H2,1-4H3,(H,46,47). The number of hydrogen-bond donors (Lipinski definition) is 1. The molecule has 16 heteroatoms. The first-order chi connectivity index (χ1) is 25.2. The van der Waals surface area contributed by atoms with Crippen molar-refractivity contribution in [2.45, 2.75) is 39.0 Å².